The number of hydrogen-bond donors (Lipinski definition) is 1. The zero-order chi connectivity index (χ0) is 11.4. The van der Waals surface area contributed by atoms with Crippen LogP contribution in [0, 0.1) is 0 Å². The zero-order valence-corrected chi connectivity index (χ0v) is 9.30. The van der Waals surface area contributed by atoms with Crippen molar-refractivity contribution in [1.29, 1.82) is 0 Å². The Labute approximate surface area is 89.2 Å². The van der Waals surface area contributed by atoms with Crippen molar-refractivity contribution in [3.05, 3.63) is 18.0 Å². The highest BCUT2D eigenvalue weighted by Crippen LogP contribution is 2.15. The number of nitrogens with zero attached hydrogens (tertiary/aromatic N) is 2. The lowest BCUT2D eigenvalue weighted by molar-refractivity contribution is -0.141. The molecule has 5 nitrogen and oxygen atoms in total. The Morgan fingerprint density at radius 2 is 2.33 bits per heavy atom. The van der Waals surface area contributed by atoms with E-state index in [4.69, 9.17) is 5.73 Å². The molecule has 0 bridgehead atoms. The summed E-state index contributed by atoms with van der Waals surface area (Å²) in [6.45, 7) is 4.06. The molecule has 2 N–H and O–H groups in total. The highest BCUT2D eigenvalue weighted by molar-refractivity contribution is 5.70. The van der Waals surface area contributed by atoms with Gasteiger partial charge in [0, 0.05) is 23.8 Å². The smallest absolute Gasteiger partial charge is 0.307 e. The van der Waals surface area contributed by atoms with Crippen LogP contribution in [0.25, 0.3) is 0 Å². The van der Waals surface area contributed by atoms with Gasteiger partial charge < -0.3 is 10.5 Å². The summed E-state index contributed by atoms with van der Waals surface area (Å²) in [5.74, 6) is -0.306. The van der Waals surface area contributed by atoms with Gasteiger partial charge in [0.2, 0.25) is 0 Å². The third kappa shape index (κ3) is 3.06. The molecule has 84 valence electrons. The van der Waals surface area contributed by atoms with Crippen LogP contribution in [0.3, 0.4) is 0 Å². The number of methoxy groups -OCH3 is 1. The van der Waals surface area contributed by atoms with Crippen molar-refractivity contribution in [3.8, 4) is 0 Å². The lowest BCUT2D eigenvalue weighted by Gasteiger charge is -2.07. The summed E-state index contributed by atoms with van der Waals surface area (Å²) in [4.78, 5) is 11.0. The second-order valence-corrected chi connectivity index (χ2v) is 3.73. The molecule has 0 amide bonds. The van der Waals surface area contributed by atoms with Gasteiger partial charge in [-0.3, -0.25) is 9.48 Å². The van der Waals surface area contributed by atoms with Crippen molar-refractivity contribution in [1.82, 2.24) is 9.78 Å². The Morgan fingerprint density at radius 1 is 1.67 bits per heavy atom. The Bertz CT molecular complexity index is 333. The molecule has 0 saturated carbocycles. The summed E-state index contributed by atoms with van der Waals surface area (Å²) in [6.07, 6.45) is 3.73. The average molecular weight is 211 g/mol. The fourth-order valence-corrected chi connectivity index (χ4v) is 1.21. The van der Waals surface area contributed by atoms with Crippen LogP contribution in [0.5, 0.6) is 0 Å². The summed E-state index contributed by atoms with van der Waals surface area (Å²) < 4.78 is 6.36. The second kappa shape index (κ2) is 4.93. The van der Waals surface area contributed by atoms with Crippen molar-refractivity contribution in [3.63, 3.8) is 0 Å². The molecule has 0 aromatic carbocycles. The van der Waals surface area contributed by atoms with Crippen LogP contribution >= 0.6 is 0 Å². The number of carbonyl (C=O) groups excluding carboxylic acids is 1. The summed E-state index contributed by atoms with van der Waals surface area (Å²) in [6, 6.07) is -0.0472. The van der Waals surface area contributed by atoms with Gasteiger partial charge in [0.15, 0.2) is 0 Å². The predicted octanol–water partition coefficient (Wildman–Crippen LogP) is 1.03. The largest absolute Gasteiger partial charge is 0.469 e. The van der Waals surface area contributed by atoms with E-state index in [2.05, 4.69) is 9.84 Å². The highest BCUT2D eigenvalue weighted by atomic mass is 16.5. The van der Waals surface area contributed by atoms with Crippen LogP contribution < -0.4 is 5.73 Å². The van der Waals surface area contributed by atoms with Gasteiger partial charge in [-0.25, -0.2) is 0 Å². The Hall–Kier alpha value is -1.36. The fraction of sp³-hybridized carbons (Fsp3) is 0.600. The third-order valence-electron chi connectivity index (χ3n) is 2.19. The highest BCUT2D eigenvalue weighted by Gasteiger charge is 2.14. The summed E-state index contributed by atoms with van der Waals surface area (Å²) in [5.41, 5.74) is 6.69. The number of aromatic nitrogens is 2. The molecule has 0 aliphatic carbocycles. The molecule has 1 unspecified atom stereocenters. The Balaban J connectivity index is 2.65. The summed E-state index contributed by atoms with van der Waals surface area (Å²) >= 11 is 0. The van der Waals surface area contributed by atoms with E-state index in [1.54, 1.807) is 6.20 Å². The number of hydrogen-bond acceptors (Lipinski definition) is 4. The van der Waals surface area contributed by atoms with Crippen LogP contribution in [-0.2, 0) is 9.53 Å². The van der Waals surface area contributed by atoms with Crippen LogP contribution in [0.15, 0.2) is 12.4 Å². The van der Waals surface area contributed by atoms with Crippen LogP contribution in [0.4, 0.5) is 0 Å². The van der Waals surface area contributed by atoms with Crippen LogP contribution in [0.1, 0.15) is 37.9 Å². The topological polar surface area (TPSA) is 70.1 Å². The number of carbonyl (C=O) groups is 1. The van der Waals surface area contributed by atoms with Gasteiger partial charge in [0.05, 0.1) is 19.7 Å². The van der Waals surface area contributed by atoms with Gasteiger partial charge >= 0.3 is 5.97 Å². The molecular formula is C10H17N3O2. The number of esters is 1. The SMILES string of the molecule is COC(=O)CC(N)c1cnn(C(C)C)c1. The molecule has 1 atom stereocenters. The molecule has 5 heteroatoms. The molecule has 0 aliphatic heterocycles. The standard InChI is InChI=1S/C10H17N3O2/c1-7(2)13-6-8(5-12-13)9(11)4-10(14)15-3/h5-7,9H,4,11H2,1-3H3. The Morgan fingerprint density at radius 3 is 2.80 bits per heavy atom. The average Bonchev–Trinajstić information content (AvgIpc) is 2.66. The maximum Gasteiger partial charge on any atom is 0.307 e. The number of ether oxygens (including phenoxy) is 1. The molecular weight excluding hydrogens is 194 g/mol. The number of nitrogens with two attached hydrogens (primary N) is 1. The minimum atomic E-state index is -0.343. The van der Waals surface area contributed by atoms with Crippen molar-refractivity contribution in [2.75, 3.05) is 7.11 Å². The maximum atomic E-state index is 11.0. The second-order valence-electron chi connectivity index (χ2n) is 3.73. The first-order chi connectivity index (χ1) is 7.04. The van der Waals surface area contributed by atoms with Crippen molar-refractivity contribution >= 4 is 5.97 Å². The van der Waals surface area contributed by atoms with Crippen molar-refractivity contribution in [2.45, 2.75) is 32.4 Å². The molecule has 0 saturated heterocycles. The molecule has 0 aliphatic rings. The third-order valence-corrected chi connectivity index (χ3v) is 2.19. The predicted molar refractivity (Wildman–Crippen MR) is 56.2 cm³/mol. The van der Waals surface area contributed by atoms with E-state index in [1.165, 1.54) is 7.11 Å². The number of rotatable bonds is 4. The first kappa shape index (κ1) is 11.7. The lowest BCUT2D eigenvalue weighted by atomic mass is 10.1. The molecule has 0 fully saturated rings. The fourth-order valence-electron chi connectivity index (χ4n) is 1.21. The molecule has 0 radical (unpaired) electrons. The maximum absolute atomic E-state index is 11.0. The molecule has 1 aromatic rings. The Kier molecular flexibility index (Phi) is 3.85. The zero-order valence-electron chi connectivity index (χ0n) is 9.30. The minimum absolute atomic E-state index is 0.181. The van der Waals surface area contributed by atoms with Gasteiger partial charge in [-0.2, -0.15) is 5.10 Å². The molecule has 1 aromatic heterocycles. The minimum Gasteiger partial charge on any atom is -0.469 e. The molecule has 1 heterocycles. The normalized spacial score (nSPS) is 12.9. The van der Waals surface area contributed by atoms with Crippen LogP contribution in [-0.4, -0.2) is 22.9 Å². The van der Waals surface area contributed by atoms with Gasteiger partial charge in [-0.15, -0.1) is 0 Å². The molecule has 15 heavy (non-hydrogen) atoms. The lowest BCUT2D eigenvalue weighted by Crippen LogP contribution is -2.15. The van der Waals surface area contributed by atoms with E-state index in [0.717, 1.165) is 5.56 Å². The van der Waals surface area contributed by atoms with Gasteiger partial charge in [-0.05, 0) is 13.8 Å². The first-order valence-corrected chi connectivity index (χ1v) is 4.91. The monoisotopic (exact) mass is 211 g/mol. The van der Waals surface area contributed by atoms with Gasteiger partial charge in [-0.1, -0.05) is 0 Å². The van der Waals surface area contributed by atoms with Crippen molar-refractivity contribution < 1.29 is 9.53 Å². The molecule has 1 rings (SSSR count). The van der Waals surface area contributed by atoms with Crippen molar-refractivity contribution in [2.24, 2.45) is 5.73 Å². The van der Waals surface area contributed by atoms with E-state index < -0.39 is 0 Å². The first-order valence-electron chi connectivity index (χ1n) is 4.91. The molecule has 0 spiro atoms. The van der Waals surface area contributed by atoms with Gasteiger partial charge in [0.1, 0.15) is 0 Å². The van der Waals surface area contributed by atoms with E-state index in [1.807, 2.05) is 24.7 Å². The van der Waals surface area contributed by atoms with Crippen LogP contribution in [0.2, 0.25) is 0 Å². The van der Waals surface area contributed by atoms with E-state index in [9.17, 15) is 4.79 Å². The summed E-state index contributed by atoms with van der Waals surface area (Å²) in [7, 11) is 1.35. The summed E-state index contributed by atoms with van der Waals surface area (Å²) in [5, 5.41) is 4.15. The quantitative estimate of drug-likeness (QED) is 0.755. The van der Waals surface area contributed by atoms with E-state index in [-0.39, 0.29) is 18.4 Å². The van der Waals surface area contributed by atoms with E-state index in [0.29, 0.717) is 6.04 Å². The van der Waals surface area contributed by atoms with E-state index >= 15 is 0 Å². The van der Waals surface area contributed by atoms with Gasteiger partial charge in [0.25, 0.3) is 0 Å².